The molecule has 0 radical (unpaired) electrons. The Morgan fingerprint density at radius 2 is 1.87 bits per heavy atom. The van der Waals surface area contributed by atoms with Crippen molar-refractivity contribution in [1.82, 2.24) is 24.7 Å². The molecule has 3 heterocycles. The van der Waals surface area contributed by atoms with E-state index in [0.29, 0.717) is 17.9 Å². The Labute approximate surface area is 213 Å². The van der Waals surface area contributed by atoms with Gasteiger partial charge in [0, 0.05) is 34.6 Å². The molecular formula is C26H19F3N6O3. The number of fused-ring (bicyclic) bond motifs is 1. The molecule has 1 atom stereocenters. The smallest absolute Gasteiger partial charge is 0.441 e. The monoisotopic (exact) mass is 520 g/mol. The molecule has 2 N–H and O–H groups in total. The maximum absolute atomic E-state index is 12.9. The Kier molecular flexibility index (Phi) is 6.60. The number of amides is 1. The highest BCUT2D eigenvalue weighted by Crippen LogP contribution is 2.27. The van der Waals surface area contributed by atoms with Gasteiger partial charge in [0.25, 0.3) is 5.91 Å². The second kappa shape index (κ2) is 10.2. The van der Waals surface area contributed by atoms with Crippen molar-refractivity contribution in [1.29, 1.82) is 0 Å². The standard InChI is InChI=1S/C26H19F3N6O3/c27-26(28,29)25(37)38-22(17-6-2-1-3-7-17)24(36)34-19-8-4-5-16(11-19)13-35-14-18(12-33-35)21-20-9-10-30-23(20)32-15-31-21/h1-12,14-15,22H,13H2,(H,34,36)(H,30,31,32). The molecule has 0 aliphatic rings. The van der Waals surface area contributed by atoms with Crippen molar-refractivity contribution in [3.63, 3.8) is 0 Å². The van der Waals surface area contributed by atoms with Crippen LogP contribution in [0.3, 0.4) is 0 Å². The first-order valence-electron chi connectivity index (χ1n) is 11.3. The molecule has 5 aromatic rings. The Hall–Kier alpha value is -5.00. The van der Waals surface area contributed by atoms with Crippen LogP contribution < -0.4 is 5.32 Å². The summed E-state index contributed by atoms with van der Waals surface area (Å²) in [6, 6.07) is 16.1. The predicted molar refractivity (Wildman–Crippen MR) is 131 cm³/mol. The zero-order valence-electron chi connectivity index (χ0n) is 19.5. The first kappa shape index (κ1) is 24.7. The van der Waals surface area contributed by atoms with Gasteiger partial charge in [-0.15, -0.1) is 0 Å². The van der Waals surface area contributed by atoms with Crippen LogP contribution in [0.15, 0.2) is 85.6 Å². The molecule has 192 valence electrons. The van der Waals surface area contributed by atoms with Crippen LogP contribution in [0.2, 0.25) is 0 Å². The molecule has 0 aliphatic heterocycles. The fraction of sp³-hybridized carbons (Fsp3) is 0.115. The first-order valence-corrected chi connectivity index (χ1v) is 11.3. The Morgan fingerprint density at radius 3 is 2.66 bits per heavy atom. The number of aromatic amines is 1. The number of nitrogens with one attached hydrogen (secondary N) is 2. The van der Waals surface area contributed by atoms with Gasteiger partial charge in [0.1, 0.15) is 12.0 Å². The van der Waals surface area contributed by atoms with Crippen molar-refractivity contribution >= 4 is 28.6 Å². The van der Waals surface area contributed by atoms with Crippen molar-refractivity contribution < 1.29 is 27.5 Å². The molecule has 0 saturated heterocycles. The Bertz CT molecular complexity index is 1600. The van der Waals surface area contributed by atoms with Gasteiger partial charge in [-0.05, 0) is 23.8 Å². The number of halogens is 3. The van der Waals surface area contributed by atoms with E-state index >= 15 is 0 Å². The lowest BCUT2D eigenvalue weighted by Gasteiger charge is -2.19. The number of aromatic nitrogens is 5. The van der Waals surface area contributed by atoms with Crippen LogP contribution in [0.5, 0.6) is 0 Å². The van der Waals surface area contributed by atoms with Gasteiger partial charge in [-0.3, -0.25) is 9.48 Å². The second-order valence-electron chi connectivity index (χ2n) is 8.27. The normalized spacial score (nSPS) is 12.3. The molecule has 3 aromatic heterocycles. The summed E-state index contributed by atoms with van der Waals surface area (Å²) in [7, 11) is 0. The average molecular weight is 520 g/mol. The topological polar surface area (TPSA) is 115 Å². The highest BCUT2D eigenvalue weighted by Gasteiger charge is 2.43. The first-order chi connectivity index (χ1) is 18.3. The van der Waals surface area contributed by atoms with E-state index in [1.54, 1.807) is 41.3 Å². The van der Waals surface area contributed by atoms with Gasteiger partial charge in [0.2, 0.25) is 6.10 Å². The van der Waals surface area contributed by atoms with Gasteiger partial charge in [-0.1, -0.05) is 42.5 Å². The fourth-order valence-corrected chi connectivity index (χ4v) is 3.89. The average Bonchev–Trinajstić information content (AvgIpc) is 3.57. The van der Waals surface area contributed by atoms with Gasteiger partial charge in [0.15, 0.2) is 0 Å². The lowest BCUT2D eigenvalue weighted by molar-refractivity contribution is -0.205. The molecule has 0 aliphatic carbocycles. The summed E-state index contributed by atoms with van der Waals surface area (Å²) >= 11 is 0. The van der Waals surface area contributed by atoms with E-state index in [4.69, 9.17) is 0 Å². The minimum Gasteiger partial charge on any atom is -0.441 e. The van der Waals surface area contributed by atoms with Gasteiger partial charge in [-0.2, -0.15) is 18.3 Å². The van der Waals surface area contributed by atoms with Crippen LogP contribution >= 0.6 is 0 Å². The Morgan fingerprint density at radius 1 is 1.05 bits per heavy atom. The number of ether oxygens (including phenoxy) is 1. The molecule has 0 bridgehead atoms. The summed E-state index contributed by atoms with van der Waals surface area (Å²) in [4.78, 5) is 36.0. The molecule has 0 fully saturated rings. The molecule has 2 aromatic carbocycles. The van der Waals surface area contributed by atoms with Gasteiger partial charge in [-0.25, -0.2) is 14.8 Å². The second-order valence-corrected chi connectivity index (χ2v) is 8.27. The lowest BCUT2D eigenvalue weighted by Crippen LogP contribution is -2.32. The number of rotatable bonds is 7. The van der Waals surface area contributed by atoms with E-state index in [2.05, 4.69) is 30.1 Å². The summed E-state index contributed by atoms with van der Waals surface area (Å²) in [6.07, 6.45) is -0.289. The van der Waals surface area contributed by atoms with Crippen molar-refractivity contribution in [2.45, 2.75) is 18.8 Å². The highest BCUT2D eigenvalue weighted by atomic mass is 19.4. The minimum absolute atomic E-state index is 0.101. The lowest BCUT2D eigenvalue weighted by atomic mass is 10.1. The Balaban J connectivity index is 1.32. The third-order valence-electron chi connectivity index (χ3n) is 5.60. The van der Waals surface area contributed by atoms with Crippen LogP contribution in [0.4, 0.5) is 18.9 Å². The van der Waals surface area contributed by atoms with Crippen molar-refractivity contribution in [3.8, 4) is 11.3 Å². The van der Waals surface area contributed by atoms with Gasteiger partial charge in [0.05, 0.1) is 18.4 Å². The van der Waals surface area contributed by atoms with Gasteiger partial charge < -0.3 is 15.0 Å². The van der Waals surface area contributed by atoms with Crippen molar-refractivity contribution in [2.75, 3.05) is 5.32 Å². The maximum atomic E-state index is 12.9. The molecule has 9 nitrogen and oxygen atoms in total. The van der Waals surface area contributed by atoms with Crippen LogP contribution in [-0.4, -0.2) is 42.8 Å². The summed E-state index contributed by atoms with van der Waals surface area (Å²) in [6.45, 7) is 0.343. The van der Waals surface area contributed by atoms with Crippen LogP contribution in [0.1, 0.15) is 17.2 Å². The predicted octanol–water partition coefficient (Wildman–Crippen LogP) is 4.66. The van der Waals surface area contributed by atoms with E-state index in [0.717, 1.165) is 22.2 Å². The third kappa shape index (κ3) is 5.38. The zero-order valence-corrected chi connectivity index (χ0v) is 19.5. The summed E-state index contributed by atoms with van der Waals surface area (Å²) in [5.41, 5.74) is 3.40. The number of carbonyl (C=O) groups excluding carboxylic acids is 2. The van der Waals surface area contributed by atoms with Crippen molar-refractivity contribution in [2.24, 2.45) is 0 Å². The molecular weight excluding hydrogens is 501 g/mol. The van der Waals surface area contributed by atoms with Crippen LogP contribution in [0.25, 0.3) is 22.3 Å². The number of alkyl halides is 3. The SMILES string of the molecule is O=C(Nc1cccc(Cn2cc(-c3ncnc4[nH]ccc34)cn2)c1)C(OC(=O)C(F)(F)F)c1ccccc1. The fourth-order valence-electron chi connectivity index (χ4n) is 3.89. The number of nitrogens with zero attached hydrogens (tertiary/aromatic N) is 4. The third-order valence-corrected chi connectivity index (χ3v) is 5.60. The number of esters is 1. The number of hydrogen-bond donors (Lipinski definition) is 2. The number of carbonyl (C=O) groups is 2. The minimum atomic E-state index is -5.24. The van der Waals surface area contributed by atoms with Crippen molar-refractivity contribution in [3.05, 3.63) is 96.7 Å². The van der Waals surface area contributed by atoms with E-state index in [1.807, 2.05) is 18.3 Å². The highest BCUT2D eigenvalue weighted by molar-refractivity contribution is 5.96. The van der Waals surface area contributed by atoms with E-state index in [-0.39, 0.29) is 5.56 Å². The van der Waals surface area contributed by atoms with E-state index < -0.39 is 24.2 Å². The maximum Gasteiger partial charge on any atom is 0.490 e. The number of H-pyrrole nitrogens is 1. The molecule has 5 rings (SSSR count). The largest absolute Gasteiger partial charge is 0.490 e. The molecule has 0 spiro atoms. The van der Waals surface area contributed by atoms with Crippen LogP contribution in [-0.2, 0) is 20.9 Å². The summed E-state index contributed by atoms with van der Waals surface area (Å²) in [5, 5.41) is 7.78. The molecule has 1 unspecified atom stereocenters. The molecule has 12 heteroatoms. The quantitative estimate of drug-likeness (QED) is 0.302. The molecule has 38 heavy (non-hydrogen) atoms. The van der Waals surface area contributed by atoms with Gasteiger partial charge >= 0.3 is 12.1 Å². The molecule has 0 saturated carbocycles. The number of anilines is 1. The molecule has 1 amide bonds. The number of benzene rings is 2. The zero-order chi connectivity index (χ0) is 26.7. The summed E-state index contributed by atoms with van der Waals surface area (Å²) < 4.78 is 44.7. The number of hydrogen-bond acceptors (Lipinski definition) is 6. The van der Waals surface area contributed by atoms with E-state index in [9.17, 15) is 22.8 Å². The summed E-state index contributed by atoms with van der Waals surface area (Å²) in [5.74, 6) is -3.38. The van der Waals surface area contributed by atoms with E-state index in [1.165, 1.54) is 30.6 Å². The van der Waals surface area contributed by atoms with Crippen LogP contribution in [0, 0.1) is 0 Å².